The number of ether oxygens (including phenoxy) is 2. The van der Waals surface area contributed by atoms with E-state index < -0.39 is 5.97 Å². The summed E-state index contributed by atoms with van der Waals surface area (Å²) in [4.78, 5) is 11.7. The molecule has 1 aromatic carbocycles. The number of methoxy groups -OCH3 is 2. The van der Waals surface area contributed by atoms with Gasteiger partial charge in [0.25, 0.3) is 0 Å². The number of esters is 1. The molecule has 0 saturated heterocycles. The fourth-order valence-corrected chi connectivity index (χ4v) is 1.96. The number of hydrogen-bond acceptors (Lipinski definition) is 6. The topological polar surface area (TPSA) is 99.9 Å². The third-order valence-corrected chi connectivity index (χ3v) is 3.26. The van der Waals surface area contributed by atoms with Crippen molar-refractivity contribution < 1.29 is 14.3 Å². The Bertz CT molecular complexity index is 512. The van der Waals surface area contributed by atoms with Gasteiger partial charge in [0, 0.05) is 11.3 Å². The average molecular weight is 295 g/mol. The summed E-state index contributed by atoms with van der Waals surface area (Å²) in [5, 5.41) is 3.54. The lowest BCUT2D eigenvalue weighted by Gasteiger charge is -2.06. The second kappa shape index (κ2) is 8.11. The van der Waals surface area contributed by atoms with Crippen molar-refractivity contribution in [2.75, 3.05) is 20.0 Å². The molecule has 0 radical (unpaired) electrons. The number of benzene rings is 1. The van der Waals surface area contributed by atoms with Crippen LogP contribution < -0.4 is 16.3 Å². The number of carbonyl (C=O) groups excluding carboxylic acids is 1. The molecule has 0 heterocycles. The first kappa shape index (κ1) is 15.9. The third-order valence-electron chi connectivity index (χ3n) is 2.41. The van der Waals surface area contributed by atoms with Crippen LogP contribution in [0.3, 0.4) is 0 Å². The smallest absolute Gasteiger partial charge is 0.334 e. The van der Waals surface area contributed by atoms with Gasteiger partial charge in [-0.3, -0.25) is 0 Å². The first-order valence-electron chi connectivity index (χ1n) is 5.69. The lowest BCUT2D eigenvalue weighted by Crippen LogP contribution is -2.13. The fraction of sp³-hybridized carbons (Fsp3) is 0.231. The minimum atomic E-state index is -0.418. The van der Waals surface area contributed by atoms with Gasteiger partial charge in [-0.05, 0) is 23.8 Å². The van der Waals surface area contributed by atoms with E-state index in [0.717, 1.165) is 23.1 Å². The van der Waals surface area contributed by atoms with Crippen molar-refractivity contribution in [3.63, 3.8) is 0 Å². The Kier molecular flexibility index (Phi) is 6.45. The molecule has 0 amide bonds. The largest absolute Gasteiger partial charge is 0.497 e. The van der Waals surface area contributed by atoms with E-state index in [1.54, 1.807) is 13.2 Å². The summed E-state index contributed by atoms with van der Waals surface area (Å²) in [6, 6.07) is 7.30. The maximum absolute atomic E-state index is 11.7. The molecule has 0 atom stereocenters. The highest BCUT2D eigenvalue weighted by molar-refractivity contribution is 8.13. The van der Waals surface area contributed by atoms with E-state index in [1.807, 2.05) is 24.3 Å². The standard InChI is InChI=1S/C13H17N3O3S/c1-18-11-5-3-9(4-6-11)7-10(12(17)19-2)8-20-13(14)16-15/h3-7H,8,15H2,1-2H3,(H2,14,16)/b10-7+. The van der Waals surface area contributed by atoms with Crippen molar-refractivity contribution in [1.29, 1.82) is 0 Å². The molecule has 0 aliphatic heterocycles. The van der Waals surface area contributed by atoms with Crippen LogP contribution in [0.5, 0.6) is 5.75 Å². The van der Waals surface area contributed by atoms with Crippen molar-refractivity contribution in [1.82, 2.24) is 0 Å². The highest BCUT2D eigenvalue weighted by Gasteiger charge is 2.11. The van der Waals surface area contributed by atoms with Gasteiger partial charge in [0.1, 0.15) is 5.75 Å². The second-order valence-corrected chi connectivity index (χ2v) is 4.69. The number of hydrazone groups is 1. The van der Waals surface area contributed by atoms with Gasteiger partial charge in [-0.2, -0.15) is 5.10 Å². The summed E-state index contributed by atoms with van der Waals surface area (Å²) in [5.74, 6) is 5.70. The zero-order valence-corrected chi connectivity index (χ0v) is 12.1. The fourth-order valence-electron chi connectivity index (χ4n) is 1.38. The lowest BCUT2D eigenvalue weighted by atomic mass is 10.1. The van der Waals surface area contributed by atoms with Gasteiger partial charge >= 0.3 is 5.97 Å². The van der Waals surface area contributed by atoms with Crippen LogP contribution in [0.1, 0.15) is 5.56 Å². The number of carbonyl (C=O) groups is 1. The minimum Gasteiger partial charge on any atom is -0.497 e. The summed E-state index contributed by atoms with van der Waals surface area (Å²) < 4.78 is 9.81. The molecule has 108 valence electrons. The van der Waals surface area contributed by atoms with Gasteiger partial charge in [-0.25, -0.2) is 4.79 Å². The van der Waals surface area contributed by atoms with Crippen molar-refractivity contribution >= 4 is 29.0 Å². The van der Waals surface area contributed by atoms with E-state index >= 15 is 0 Å². The molecule has 4 N–H and O–H groups in total. The molecule has 0 aliphatic rings. The molecule has 0 fully saturated rings. The molecule has 0 saturated carbocycles. The molecule has 0 spiro atoms. The Morgan fingerprint density at radius 2 is 2.00 bits per heavy atom. The number of rotatable bonds is 5. The molecule has 1 rings (SSSR count). The van der Waals surface area contributed by atoms with Crippen molar-refractivity contribution in [2.45, 2.75) is 0 Å². The molecule has 7 heteroatoms. The zero-order chi connectivity index (χ0) is 15.0. The first-order valence-corrected chi connectivity index (χ1v) is 6.68. The number of amidine groups is 1. The van der Waals surface area contributed by atoms with Crippen LogP contribution in [0.2, 0.25) is 0 Å². The van der Waals surface area contributed by atoms with E-state index in [2.05, 4.69) is 5.10 Å². The van der Waals surface area contributed by atoms with E-state index in [1.165, 1.54) is 7.11 Å². The predicted octanol–water partition coefficient (Wildman–Crippen LogP) is 1.17. The SMILES string of the molecule is COC(=O)/C(=C/c1ccc(OC)cc1)CSC(N)=NN. The number of nitrogens with zero attached hydrogens (tertiary/aromatic N) is 1. The summed E-state index contributed by atoms with van der Waals surface area (Å²) in [7, 11) is 2.92. The summed E-state index contributed by atoms with van der Waals surface area (Å²) >= 11 is 1.16. The van der Waals surface area contributed by atoms with E-state index in [-0.39, 0.29) is 5.17 Å². The quantitative estimate of drug-likeness (QED) is 0.211. The Hall–Kier alpha value is -2.15. The van der Waals surface area contributed by atoms with Crippen LogP contribution in [-0.4, -0.2) is 31.1 Å². The summed E-state index contributed by atoms with van der Waals surface area (Å²) in [6.07, 6.45) is 1.72. The highest BCUT2D eigenvalue weighted by atomic mass is 32.2. The molecular formula is C13H17N3O3S. The first-order chi connectivity index (χ1) is 9.60. The van der Waals surface area contributed by atoms with E-state index in [9.17, 15) is 4.79 Å². The zero-order valence-electron chi connectivity index (χ0n) is 11.3. The molecule has 0 bridgehead atoms. The summed E-state index contributed by atoms with van der Waals surface area (Å²) in [6.45, 7) is 0. The van der Waals surface area contributed by atoms with Crippen LogP contribution >= 0.6 is 11.8 Å². The lowest BCUT2D eigenvalue weighted by molar-refractivity contribution is -0.135. The Morgan fingerprint density at radius 1 is 1.35 bits per heavy atom. The maximum Gasteiger partial charge on any atom is 0.334 e. The average Bonchev–Trinajstić information content (AvgIpc) is 2.50. The van der Waals surface area contributed by atoms with Crippen molar-refractivity contribution in [2.24, 2.45) is 16.7 Å². The molecular weight excluding hydrogens is 278 g/mol. The monoisotopic (exact) mass is 295 g/mol. The number of hydrogen-bond donors (Lipinski definition) is 2. The van der Waals surface area contributed by atoms with Gasteiger partial charge in [-0.1, -0.05) is 23.9 Å². The molecule has 0 unspecified atom stereocenters. The molecule has 0 aromatic heterocycles. The second-order valence-electron chi connectivity index (χ2n) is 3.69. The Balaban J connectivity index is 2.90. The minimum absolute atomic E-state index is 0.203. The van der Waals surface area contributed by atoms with Gasteiger partial charge in [0.2, 0.25) is 0 Å². The highest BCUT2D eigenvalue weighted by Crippen LogP contribution is 2.17. The molecule has 6 nitrogen and oxygen atoms in total. The van der Waals surface area contributed by atoms with Crippen LogP contribution in [0.15, 0.2) is 34.9 Å². The normalized spacial score (nSPS) is 12.1. The maximum atomic E-state index is 11.7. The van der Waals surface area contributed by atoms with Crippen LogP contribution in [0.4, 0.5) is 0 Å². The van der Waals surface area contributed by atoms with Gasteiger partial charge in [-0.15, -0.1) is 0 Å². The Morgan fingerprint density at radius 3 is 2.50 bits per heavy atom. The predicted molar refractivity (Wildman–Crippen MR) is 81.3 cm³/mol. The van der Waals surface area contributed by atoms with Crippen molar-refractivity contribution in [3.8, 4) is 5.75 Å². The van der Waals surface area contributed by atoms with E-state index in [0.29, 0.717) is 11.3 Å². The number of nitrogens with two attached hydrogens (primary N) is 2. The molecule has 1 aromatic rings. The third kappa shape index (κ3) is 4.85. The van der Waals surface area contributed by atoms with Gasteiger partial charge in [0.05, 0.1) is 14.2 Å². The van der Waals surface area contributed by atoms with Crippen LogP contribution in [-0.2, 0) is 9.53 Å². The van der Waals surface area contributed by atoms with Crippen molar-refractivity contribution in [3.05, 3.63) is 35.4 Å². The van der Waals surface area contributed by atoms with Gasteiger partial charge in [0.15, 0.2) is 5.17 Å². The van der Waals surface area contributed by atoms with Gasteiger partial charge < -0.3 is 21.1 Å². The van der Waals surface area contributed by atoms with Crippen LogP contribution in [0.25, 0.3) is 6.08 Å². The number of thioether (sulfide) groups is 1. The molecule has 0 aliphatic carbocycles. The molecule has 20 heavy (non-hydrogen) atoms. The summed E-state index contributed by atoms with van der Waals surface area (Å²) in [5.41, 5.74) is 6.81. The van der Waals surface area contributed by atoms with E-state index in [4.69, 9.17) is 21.1 Å². The Labute approximate surface area is 121 Å². The van der Waals surface area contributed by atoms with Crippen LogP contribution in [0, 0.1) is 0 Å².